The predicted molar refractivity (Wildman–Crippen MR) is 90.6 cm³/mol. The Hall–Kier alpha value is -1.37. The molecule has 22 heavy (non-hydrogen) atoms. The summed E-state index contributed by atoms with van der Waals surface area (Å²) in [4.78, 5) is 7.73. The fourth-order valence-corrected chi connectivity index (χ4v) is 3.40. The van der Waals surface area contributed by atoms with Crippen molar-refractivity contribution in [2.75, 3.05) is 25.5 Å². The molecular weight excluding hydrogens is 298 g/mol. The number of hydrogen-bond donors (Lipinski definition) is 2. The van der Waals surface area contributed by atoms with Gasteiger partial charge in [-0.05, 0) is 33.8 Å². The molecule has 0 bridgehead atoms. The standard InChI is InChI=1S/C16H25N3O2S/c1-10-7-13(12(3)21-10)16(4,20)9-17-8-14-11(2)18-15(22-14)19(5)6/h7,17,20H,8-9H2,1-6H3. The van der Waals surface area contributed by atoms with Gasteiger partial charge in [0.25, 0.3) is 0 Å². The van der Waals surface area contributed by atoms with Crippen LogP contribution in [0.5, 0.6) is 0 Å². The Morgan fingerprint density at radius 1 is 1.36 bits per heavy atom. The smallest absolute Gasteiger partial charge is 0.185 e. The Labute approximate surface area is 136 Å². The van der Waals surface area contributed by atoms with Gasteiger partial charge in [0.05, 0.1) is 5.69 Å². The second kappa shape index (κ2) is 6.40. The lowest BCUT2D eigenvalue weighted by Crippen LogP contribution is -2.35. The minimum Gasteiger partial charge on any atom is -0.466 e. The molecular formula is C16H25N3O2S. The summed E-state index contributed by atoms with van der Waals surface area (Å²) in [6.07, 6.45) is 0. The highest BCUT2D eigenvalue weighted by molar-refractivity contribution is 7.15. The maximum Gasteiger partial charge on any atom is 0.185 e. The lowest BCUT2D eigenvalue weighted by molar-refractivity contribution is 0.0552. The van der Waals surface area contributed by atoms with Gasteiger partial charge >= 0.3 is 0 Å². The van der Waals surface area contributed by atoms with E-state index in [9.17, 15) is 5.11 Å². The van der Waals surface area contributed by atoms with E-state index in [0.29, 0.717) is 13.1 Å². The highest BCUT2D eigenvalue weighted by Crippen LogP contribution is 2.27. The zero-order chi connectivity index (χ0) is 16.5. The first kappa shape index (κ1) is 17.0. The Balaban J connectivity index is 1.99. The van der Waals surface area contributed by atoms with Crippen LogP contribution in [-0.2, 0) is 12.1 Å². The SMILES string of the molecule is Cc1cc(C(C)(O)CNCc2sc(N(C)C)nc2C)c(C)o1. The van der Waals surface area contributed by atoms with Crippen molar-refractivity contribution in [1.82, 2.24) is 10.3 Å². The normalized spacial score (nSPS) is 14.1. The Kier molecular flexibility index (Phi) is 4.94. The summed E-state index contributed by atoms with van der Waals surface area (Å²) in [5.74, 6) is 1.59. The highest BCUT2D eigenvalue weighted by Gasteiger charge is 2.27. The summed E-state index contributed by atoms with van der Waals surface area (Å²) in [5.41, 5.74) is 0.925. The van der Waals surface area contributed by atoms with E-state index < -0.39 is 5.60 Å². The van der Waals surface area contributed by atoms with Gasteiger partial charge in [0.2, 0.25) is 0 Å². The predicted octanol–water partition coefficient (Wildman–Crippen LogP) is 2.72. The van der Waals surface area contributed by atoms with Gasteiger partial charge in [-0.15, -0.1) is 11.3 Å². The summed E-state index contributed by atoms with van der Waals surface area (Å²) in [6, 6.07) is 1.90. The third-order valence-electron chi connectivity index (χ3n) is 3.64. The van der Waals surface area contributed by atoms with E-state index >= 15 is 0 Å². The number of hydrogen-bond acceptors (Lipinski definition) is 6. The van der Waals surface area contributed by atoms with Crippen molar-refractivity contribution in [3.8, 4) is 0 Å². The molecule has 0 amide bonds. The Morgan fingerprint density at radius 2 is 2.05 bits per heavy atom. The van der Waals surface area contributed by atoms with Crippen LogP contribution >= 0.6 is 11.3 Å². The topological polar surface area (TPSA) is 61.5 Å². The summed E-state index contributed by atoms with van der Waals surface area (Å²) < 4.78 is 5.51. The zero-order valence-corrected chi connectivity index (χ0v) is 15.0. The summed E-state index contributed by atoms with van der Waals surface area (Å²) in [6.45, 7) is 8.76. The summed E-state index contributed by atoms with van der Waals surface area (Å²) >= 11 is 1.67. The first-order chi connectivity index (χ1) is 10.2. The van der Waals surface area contributed by atoms with Gasteiger partial charge < -0.3 is 19.7 Å². The zero-order valence-electron chi connectivity index (χ0n) is 14.1. The first-order valence-corrected chi connectivity index (χ1v) is 8.16. The van der Waals surface area contributed by atoms with Crippen molar-refractivity contribution < 1.29 is 9.52 Å². The van der Waals surface area contributed by atoms with Crippen molar-refractivity contribution in [2.24, 2.45) is 0 Å². The summed E-state index contributed by atoms with van der Waals surface area (Å²) in [5, 5.41) is 15.0. The largest absolute Gasteiger partial charge is 0.466 e. The number of anilines is 1. The van der Waals surface area contributed by atoms with Gasteiger partial charge in [0.15, 0.2) is 5.13 Å². The van der Waals surface area contributed by atoms with E-state index in [2.05, 4.69) is 10.3 Å². The number of thiazole rings is 1. The molecule has 0 aliphatic rings. The van der Waals surface area contributed by atoms with Crippen LogP contribution in [0.2, 0.25) is 0 Å². The minimum atomic E-state index is -0.954. The van der Waals surface area contributed by atoms with Crippen LogP contribution in [0.4, 0.5) is 5.13 Å². The average molecular weight is 323 g/mol. The molecule has 2 heterocycles. The van der Waals surface area contributed by atoms with E-state index in [1.807, 2.05) is 52.8 Å². The number of nitrogens with zero attached hydrogens (tertiary/aromatic N) is 2. The minimum absolute atomic E-state index is 0.460. The van der Waals surface area contributed by atoms with Crippen LogP contribution in [0.3, 0.4) is 0 Å². The first-order valence-electron chi connectivity index (χ1n) is 7.35. The molecule has 0 saturated carbocycles. The fraction of sp³-hybridized carbons (Fsp3) is 0.562. The van der Waals surface area contributed by atoms with E-state index in [-0.39, 0.29) is 0 Å². The van der Waals surface area contributed by atoms with Crippen LogP contribution in [0.15, 0.2) is 10.5 Å². The molecule has 2 rings (SSSR count). The van der Waals surface area contributed by atoms with E-state index in [0.717, 1.165) is 27.9 Å². The maximum absolute atomic E-state index is 10.7. The van der Waals surface area contributed by atoms with Crippen LogP contribution in [0.1, 0.15) is 34.6 Å². The third-order valence-corrected chi connectivity index (χ3v) is 4.97. The Bertz CT molecular complexity index is 644. The molecule has 1 unspecified atom stereocenters. The highest BCUT2D eigenvalue weighted by atomic mass is 32.1. The monoisotopic (exact) mass is 323 g/mol. The van der Waals surface area contributed by atoms with Gasteiger partial charge in [0, 0.05) is 37.6 Å². The second-order valence-corrected chi connectivity index (χ2v) is 7.17. The van der Waals surface area contributed by atoms with Gasteiger partial charge in [-0.1, -0.05) is 0 Å². The molecule has 122 valence electrons. The number of nitrogens with one attached hydrogen (secondary N) is 1. The molecule has 0 aromatic carbocycles. The molecule has 0 spiro atoms. The lowest BCUT2D eigenvalue weighted by atomic mass is 9.96. The molecule has 0 aliphatic heterocycles. The third kappa shape index (κ3) is 3.69. The van der Waals surface area contributed by atoms with E-state index in [1.54, 1.807) is 11.3 Å². The molecule has 5 nitrogen and oxygen atoms in total. The van der Waals surface area contributed by atoms with Crippen LogP contribution in [0, 0.1) is 20.8 Å². The van der Waals surface area contributed by atoms with E-state index in [4.69, 9.17) is 4.42 Å². The van der Waals surface area contributed by atoms with Crippen molar-refractivity contribution in [1.29, 1.82) is 0 Å². The molecule has 2 N–H and O–H groups in total. The van der Waals surface area contributed by atoms with Gasteiger partial charge in [-0.3, -0.25) is 0 Å². The maximum atomic E-state index is 10.7. The number of aromatic nitrogens is 1. The molecule has 0 saturated heterocycles. The summed E-state index contributed by atoms with van der Waals surface area (Å²) in [7, 11) is 3.98. The lowest BCUT2D eigenvalue weighted by Gasteiger charge is -2.23. The molecule has 0 radical (unpaired) electrons. The molecule has 1 atom stereocenters. The molecule has 6 heteroatoms. The quantitative estimate of drug-likeness (QED) is 0.856. The second-order valence-electron chi connectivity index (χ2n) is 6.10. The fourth-order valence-electron chi connectivity index (χ4n) is 2.45. The van der Waals surface area contributed by atoms with Gasteiger partial charge in [-0.2, -0.15) is 0 Å². The number of rotatable bonds is 6. The van der Waals surface area contributed by atoms with Crippen LogP contribution < -0.4 is 10.2 Å². The molecule has 0 aliphatic carbocycles. The van der Waals surface area contributed by atoms with Crippen molar-refractivity contribution >= 4 is 16.5 Å². The van der Waals surface area contributed by atoms with Crippen molar-refractivity contribution in [2.45, 2.75) is 39.8 Å². The number of furan rings is 1. The van der Waals surface area contributed by atoms with Crippen LogP contribution in [0.25, 0.3) is 0 Å². The Morgan fingerprint density at radius 3 is 2.55 bits per heavy atom. The van der Waals surface area contributed by atoms with E-state index in [1.165, 1.54) is 4.88 Å². The van der Waals surface area contributed by atoms with Crippen molar-refractivity contribution in [3.63, 3.8) is 0 Å². The molecule has 2 aromatic heterocycles. The number of aryl methyl sites for hydroxylation is 3. The number of aliphatic hydroxyl groups is 1. The van der Waals surface area contributed by atoms with Gasteiger partial charge in [-0.25, -0.2) is 4.98 Å². The van der Waals surface area contributed by atoms with Crippen molar-refractivity contribution in [3.05, 3.63) is 33.7 Å². The van der Waals surface area contributed by atoms with Crippen LogP contribution in [-0.4, -0.2) is 30.7 Å². The average Bonchev–Trinajstić information content (AvgIpc) is 2.93. The molecule has 2 aromatic rings. The van der Waals surface area contributed by atoms with Gasteiger partial charge in [0.1, 0.15) is 17.1 Å². The molecule has 0 fully saturated rings.